The monoisotopic (exact) mass is 218 g/mol. The van der Waals surface area contributed by atoms with E-state index in [9.17, 15) is 0 Å². The van der Waals surface area contributed by atoms with Crippen molar-refractivity contribution in [2.24, 2.45) is 0 Å². The van der Waals surface area contributed by atoms with Gasteiger partial charge in [-0.05, 0) is 19.3 Å². The summed E-state index contributed by atoms with van der Waals surface area (Å²) in [5.74, 6) is 0. The molecule has 0 saturated carbocycles. The molecule has 1 aliphatic rings. The largest absolute Gasteiger partial charge is 2.00 e. The molecule has 1 rings (SSSR count). The molecule has 1 atom stereocenters. The Morgan fingerprint density at radius 1 is 1.40 bits per heavy atom. The summed E-state index contributed by atoms with van der Waals surface area (Å²) in [5.41, 5.74) is 0. The molecule has 1 heterocycles. The average Bonchev–Trinajstić information content (AvgIpc) is 1.90. The first-order valence-corrected chi connectivity index (χ1v) is 2.96. The summed E-state index contributed by atoms with van der Waals surface area (Å²) in [5, 5.41) is 0. The van der Waals surface area contributed by atoms with Crippen LogP contribution in [0.2, 0.25) is 0 Å². The summed E-state index contributed by atoms with van der Waals surface area (Å²) in [6, 6.07) is 0. The third kappa shape index (κ3) is 4.90. The van der Waals surface area contributed by atoms with E-state index in [0.717, 1.165) is 13.0 Å². The zero-order valence-corrected chi connectivity index (χ0v) is 9.01. The van der Waals surface area contributed by atoms with E-state index in [1.807, 2.05) is 0 Å². The summed E-state index contributed by atoms with van der Waals surface area (Å²) in [6.45, 7) is 0.834. The minimum atomic E-state index is -0.0243. The van der Waals surface area contributed by atoms with Gasteiger partial charge in [0.15, 0.2) is 0 Å². The van der Waals surface area contributed by atoms with Gasteiger partial charge in [0.25, 0.3) is 0 Å². The Hall–Kier alpha value is 1.17. The fourth-order valence-electron chi connectivity index (χ4n) is 0.843. The molecule has 0 bridgehead atoms. The van der Waals surface area contributed by atoms with E-state index in [4.69, 9.17) is 9.47 Å². The summed E-state index contributed by atoms with van der Waals surface area (Å²) < 4.78 is 9.86. The van der Waals surface area contributed by atoms with E-state index in [2.05, 4.69) is 7.11 Å². The summed E-state index contributed by atoms with van der Waals surface area (Å²) >= 11 is 0. The van der Waals surface area contributed by atoms with Crippen molar-refractivity contribution in [2.75, 3.05) is 6.61 Å². The Morgan fingerprint density at radius 3 is 2.40 bits per heavy atom. The van der Waals surface area contributed by atoms with Crippen LogP contribution >= 0.6 is 0 Å². The van der Waals surface area contributed by atoms with Crippen molar-refractivity contribution in [1.82, 2.24) is 0 Å². The van der Waals surface area contributed by atoms with Crippen LogP contribution in [0.4, 0.5) is 0 Å². The van der Waals surface area contributed by atoms with E-state index in [-0.39, 0.29) is 46.3 Å². The predicted octanol–water partition coefficient (Wildman–Crippen LogP) is -2.06. The van der Waals surface area contributed by atoms with Crippen LogP contribution in [-0.2, 0) is 9.47 Å². The van der Waals surface area contributed by atoms with Crippen LogP contribution in [0.3, 0.4) is 0 Å². The van der Waals surface area contributed by atoms with Crippen molar-refractivity contribution in [3.05, 3.63) is 7.11 Å². The average molecular weight is 219 g/mol. The van der Waals surface area contributed by atoms with Gasteiger partial charge >= 0.3 is 23.1 Å². The fourth-order valence-corrected chi connectivity index (χ4v) is 0.843. The quantitative estimate of drug-likeness (QED) is 0.373. The van der Waals surface area contributed by atoms with Crippen molar-refractivity contribution >= 4 is 23.1 Å². The Bertz CT molecular complexity index is 66.8. The fraction of sp³-hybridized carbons (Fsp3) is 0.833. The van der Waals surface area contributed by atoms with Gasteiger partial charge in [-0.2, -0.15) is 0 Å². The molecular weight excluding hydrogens is 208 g/mol. The molecule has 0 spiro atoms. The van der Waals surface area contributed by atoms with Crippen molar-refractivity contribution in [2.45, 2.75) is 25.6 Å². The maximum Gasteiger partial charge on any atom is 2.00 e. The third-order valence-corrected chi connectivity index (χ3v) is 1.32. The molecule has 0 aromatic carbocycles. The molecule has 1 aliphatic heterocycles. The maximum absolute atomic E-state index is 5.14. The van der Waals surface area contributed by atoms with Crippen molar-refractivity contribution in [3.63, 3.8) is 0 Å². The zero-order valence-electron chi connectivity index (χ0n) is 6.01. The van der Waals surface area contributed by atoms with Crippen LogP contribution in [0.25, 0.3) is 0 Å². The first kappa shape index (κ1) is 13.7. The van der Waals surface area contributed by atoms with Gasteiger partial charge in [-0.3, -0.25) is 0 Å². The number of ether oxygens (including phenoxy) is 2. The van der Waals surface area contributed by atoms with Crippen LogP contribution in [0.15, 0.2) is 0 Å². The second-order valence-corrected chi connectivity index (χ2v) is 1.96. The Balaban J connectivity index is 0. The summed E-state index contributed by atoms with van der Waals surface area (Å²) in [7, 11) is 3.28. The third-order valence-electron chi connectivity index (χ3n) is 1.32. The van der Waals surface area contributed by atoms with Gasteiger partial charge in [-0.15, -0.1) is 0 Å². The number of hydrogen-bond acceptors (Lipinski definition) is 2. The predicted molar refractivity (Wildman–Crippen MR) is 35.8 cm³/mol. The molecule has 0 N–H and O–H groups in total. The van der Waals surface area contributed by atoms with Crippen molar-refractivity contribution in [3.8, 4) is 0 Å². The van der Waals surface area contributed by atoms with E-state index in [0.29, 0.717) is 0 Å². The van der Waals surface area contributed by atoms with Crippen molar-refractivity contribution in [1.29, 1.82) is 0 Å². The maximum atomic E-state index is 5.14. The van der Waals surface area contributed by atoms with Gasteiger partial charge in [0.1, 0.15) is 6.29 Å². The second-order valence-electron chi connectivity index (χ2n) is 1.96. The summed E-state index contributed by atoms with van der Waals surface area (Å²) in [6.07, 6.45) is 3.35. The Kier molecular flexibility index (Phi) is 11.4. The van der Waals surface area contributed by atoms with Gasteiger partial charge in [0.05, 0.1) is 0 Å². The number of hydrogen-bond donors (Lipinski definition) is 0. The van der Waals surface area contributed by atoms with Crippen LogP contribution in [0, 0.1) is 7.11 Å². The van der Waals surface area contributed by atoms with Crippen LogP contribution in [0.1, 0.15) is 19.3 Å². The van der Waals surface area contributed by atoms with Gasteiger partial charge in [0.2, 0.25) is 0 Å². The van der Waals surface area contributed by atoms with E-state index in [1.54, 1.807) is 0 Å². The molecule has 2 nitrogen and oxygen atoms in total. The Morgan fingerprint density at radius 2 is 2.10 bits per heavy atom. The number of rotatable bonds is 1. The molecule has 1 fully saturated rings. The van der Waals surface area contributed by atoms with E-state index < -0.39 is 0 Å². The SMILES string of the molecule is [Br-].[CH2-]OC1CCCCO1.[Mg+2]. The first-order valence-electron chi connectivity index (χ1n) is 2.96. The topological polar surface area (TPSA) is 18.5 Å². The molecule has 1 unspecified atom stereocenters. The normalized spacial score (nSPS) is 24.3. The van der Waals surface area contributed by atoms with E-state index >= 15 is 0 Å². The van der Waals surface area contributed by atoms with E-state index in [1.165, 1.54) is 12.8 Å². The van der Waals surface area contributed by atoms with Gasteiger partial charge < -0.3 is 26.5 Å². The molecule has 0 amide bonds. The molecule has 0 radical (unpaired) electrons. The molecule has 56 valence electrons. The first-order chi connectivity index (χ1) is 3.93. The smallest absolute Gasteiger partial charge is 1.00 e. The van der Waals surface area contributed by atoms with Crippen LogP contribution < -0.4 is 17.0 Å². The standard InChI is InChI=1S/C6H11O2.BrH.Mg/c1-7-6-4-2-3-5-8-6;;/h6H,1-5H2;1H;/q-1;;+2/p-1. The molecule has 10 heavy (non-hydrogen) atoms. The van der Waals surface area contributed by atoms with Gasteiger partial charge in [-0.25, -0.2) is 7.11 Å². The zero-order chi connectivity index (χ0) is 5.82. The minimum Gasteiger partial charge on any atom is -1.00 e. The molecule has 0 aromatic heterocycles. The Labute approximate surface area is 88.6 Å². The minimum absolute atomic E-state index is 0. The van der Waals surface area contributed by atoms with Crippen LogP contribution in [-0.4, -0.2) is 35.9 Å². The second kappa shape index (κ2) is 8.26. The molecule has 0 aliphatic carbocycles. The van der Waals surface area contributed by atoms with Gasteiger partial charge in [-0.1, -0.05) is 0 Å². The van der Waals surface area contributed by atoms with Crippen LogP contribution in [0.5, 0.6) is 0 Å². The number of halogens is 1. The molecule has 0 aromatic rings. The molecule has 4 heteroatoms. The molecular formula is C6H11BrMgO2. The molecule has 1 saturated heterocycles. The van der Waals surface area contributed by atoms with Crippen molar-refractivity contribution < 1.29 is 26.5 Å². The van der Waals surface area contributed by atoms with Gasteiger partial charge in [0, 0.05) is 6.61 Å². The summed E-state index contributed by atoms with van der Waals surface area (Å²) in [4.78, 5) is 0.